The number of hydrogen-bond acceptors (Lipinski definition) is 4. The lowest BCUT2D eigenvalue weighted by atomic mass is 9.35. The van der Waals surface area contributed by atoms with Gasteiger partial charge < -0.3 is 5.11 Å². The van der Waals surface area contributed by atoms with Crippen molar-refractivity contribution in [3.8, 4) is 0 Å². The highest BCUT2D eigenvalue weighted by molar-refractivity contribution is 5.85. The fourth-order valence-corrected chi connectivity index (χ4v) is 10.1. The molecule has 0 heterocycles. The van der Waals surface area contributed by atoms with E-state index in [0.717, 1.165) is 25.7 Å². The zero-order valence-corrected chi connectivity index (χ0v) is 23.0. The van der Waals surface area contributed by atoms with E-state index in [0.29, 0.717) is 30.0 Å². The zero-order valence-electron chi connectivity index (χ0n) is 23.0. The summed E-state index contributed by atoms with van der Waals surface area (Å²) in [6, 6.07) is 0. The van der Waals surface area contributed by atoms with Crippen molar-refractivity contribution in [2.45, 2.75) is 124 Å². The Morgan fingerprint density at radius 2 is 1.59 bits per heavy atom. The van der Waals surface area contributed by atoms with Gasteiger partial charge in [-0.1, -0.05) is 46.8 Å². The third-order valence-corrected chi connectivity index (χ3v) is 12.2. The molecule has 194 valence electrons. The van der Waals surface area contributed by atoms with Gasteiger partial charge in [-0.25, -0.2) is 4.89 Å². The van der Waals surface area contributed by atoms with E-state index in [-0.39, 0.29) is 27.6 Å². The Balaban J connectivity index is 1.60. The number of rotatable bonds is 5. The Labute approximate surface area is 207 Å². The summed E-state index contributed by atoms with van der Waals surface area (Å²) in [4.78, 5) is 17.4. The van der Waals surface area contributed by atoms with Crippen molar-refractivity contribution >= 4 is 5.78 Å². The van der Waals surface area contributed by atoms with Crippen LogP contribution in [-0.2, 0) is 9.68 Å². The average Bonchev–Trinajstić information content (AvgIpc) is 3.10. The van der Waals surface area contributed by atoms with Crippen LogP contribution in [0.2, 0.25) is 0 Å². The molecule has 4 heteroatoms. The highest BCUT2D eigenvalue weighted by Gasteiger charge is 2.69. The Kier molecular flexibility index (Phi) is 6.32. The first-order chi connectivity index (χ1) is 15.6. The minimum atomic E-state index is -0.770. The van der Waals surface area contributed by atoms with Crippen molar-refractivity contribution in [1.82, 2.24) is 0 Å². The topological polar surface area (TPSA) is 66.8 Å². The molecule has 0 radical (unpaired) electrons. The van der Waals surface area contributed by atoms with Crippen molar-refractivity contribution in [2.75, 3.05) is 0 Å². The monoisotopic (exact) mass is 474 g/mol. The van der Waals surface area contributed by atoms with Gasteiger partial charge in [-0.05, 0) is 112 Å². The minimum Gasteiger partial charge on any atom is -0.390 e. The Morgan fingerprint density at radius 3 is 2.24 bits per heavy atom. The molecule has 8 atom stereocenters. The van der Waals surface area contributed by atoms with E-state index in [1.807, 2.05) is 32.9 Å². The molecular formula is C30H50O4. The third kappa shape index (κ3) is 3.68. The second-order valence-corrected chi connectivity index (χ2v) is 14.6. The molecule has 0 aromatic heterocycles. The molecular weight excluding hydrogens is 424 g/mol. The number of carbonyl (C=O) groups excluding carboxylic acids is 1. The number of hydrogen-bond donors (Lipinski definition) is 2. The number of fused-ring (bicyclic) bond motifs is 5. The van der Waals surface area contributed by atoms with E-state index in [1.54, 1.807) is 0 Å². The molecule has 4 fully saturated rings. The lowest BCUT2D eigenvalue weighted by molar-refractivity contribution is -0.297. The Morgan fingerprint density at radius 1 is 0.941 bits per heavy atom. The summed E-state index contributed by atoms with van der Waals surface area (Å²) in [5.41, 5.74) is -1.00. The van der Waals surface area contributed by atoms with Gasteiger partial charge in [-0.15, -0.1) is 0 Å². The minimum absolute atomic E-state index is 0.202. The molecule has 4 aliphatic carbocycles. The van der Waals surface area contributed by atoms with Gasteiger partial charge in [-0.2, -0.15) is 0 Å². The molecule has 2 N–H and O–H groups in total. The van der Waals surface area contributed by atoms with Gasteiger partial charge in [-0.3, -0.25) is 10.1 Å². The third-order valence-electron chi connectivity index (χ3n) is 12.2. The molecule has 0 aliphatic heterocycles. The maximum Gasteiger partial charge on any atom is 0.138 e. The normalized spacial score (nSPS) is 46.0. The van der Waals surface area contributed by atoms with Crippen LogP contribution in [0.25, 0.3) is 0 Å². The van der Waals surface area contributed by atoms with Gasteiger partial charge in [0.1, 0.15) is 11.4 Å². The number of ketones is 1. The smallest absolute Gasteiger partial charge is 0.138 e. The number of aliphatic hydroxyl groups is 1. The molecule has 0 unspecified atom stereocenters. The summed E-state index contributed by atoms with van der Waals surface area (Å²) >= 11 is 0. The molecule has 34 heavy (non-hydrogen) atoms. The van der Waals surface area contributed by atoms with E-state index < -0.39 is 11.2 Å². The van der Waals surface area contributed by atoms with Crippen LogP contribution in [0, 0.1) is 45.3 Å². The van der Waals surface area contributed by atoms with Crippen LogP contribution in [0.5, 0.6) is 0 Å². The summed E-state index contributed by atoms with van der Waals surface area (Å²) in [5, 5.41) is 20.7. The molecule has 4 saturated carbocycles. The SMILES string of the molecule is CC(C)(/C=C/C[C@](C)(O)[C@H]1CC[C@]2(C)[C@@H]1CC[C@@H]1[C@@]3(C)CCC(=O)C(C)(C)[C@@H]3CC[C@]12C)OO. The van der Waals surface area contributed by atoms with Gasteiger partial charge in [0.25, 0.3) is 0 Å². The molecule has 0 bridgehead atoms. The summed E-state index contributed by atoms with van der Waals surface area (Å²) in [6.45, 7) is 17.7. The van der Waals surface area contributed by atoms with Crippen LogP contribution in [0.4, 0.5) is 0 Å². The van der Waals surface area contributed by atoms with Crippen LogP contribution < -0.4 is 0 Å². The predicted molar refractivity (Wildman–Crippen MR) is 136 cm³/mol. The van der Waals surface area contributed by atoms with Crippen molar-refractivity contribution in [2.24, 2.45) is 45.3 Å². The van der Waals surface area contributed by atoms with Gasteiger partial charge in [0, 0.05) is 11.8 Å². The Hall–Kier alpha value is -0.710. The summed E-state index contributed by atoms with van der Waals surface area (Å²) in [5.74, 6) is 2.42. The predicted octanol–water partition coefficient (Wildman–Crippen LogP) is 7.21. The fraction of sp³-hybridized carbons (Fsp3) is 0.900. The second kappa shape index (κ2) is 8.15. The van der Waals surface area contributed by atoms with Gasteiger partial charge in [0.2, 0.25) is 0 Å². The van der Waals surface area contributed by atoms with Crippen LogP contribution in [0.15, 0.2) is 12.2 Å². The zero-order chi connectivity index (χ0) is 25.4. The van der Waals surface area contributed by atoms with Crippen molar-refractivity contribution in [3.63, 3.8) is 0 Å². The van der Waals surface area contributed by atoms with Crippen LogP contribution >= 0.6 is 0 Å². The standard InChI is InChI=1S/C30H50O4/c1-25(2,34-33)15-9-16-30(8,32)21-12-18-28(6)20(21)10-11-23-27(5)17-14-24(31)26(3,4)22(27)13-19-29(23,28)7/h9,15,20-23,32-33H,10-14,16-19H2,1-8H3/b15-9+/t20-,21+,22+,23-,27+,28-,29-,30+/m1/s1. The molecule has 4 nitrogen and oxygen atoms in total. The second-order valence-electron chi connectivity index (χ2n) is 14.6. The van der Waals surface area contributed by atoms with Crippen molar-refractivity contribution in [3.05, 3.63) is 12.2 Å². The van der Waals surface area contributed by atoms with Crippen LogP contribution in [0.1, 0.15) is 113 Å². The van der Waals surface area contributed by atoms with Crippen molar-refractivity contribution in [1.29, 1.82) is 0 Å². The fourth-order valence-electron chi connectivity index (χ4n) is 10.1. The van der Waals surface area contributed by atoms with Crippen LogP contribution in [0.3, 0.4) is 0 Å². The largest absolute Gasteiger partial charge is 0.390 e. The molecule has 0 spiro atoms. The molecule has 4 aliphatic rings. The molecule has 4 rings (SSSR count). The molecule has 0 amide bonds. The highest BCUT2D eigenvalue weighted by Crippen LogP contribution is 2.75. The Bertz CT molecular complexity index is 841. The maximum absolute atomic E-state index is 12.9. The van der Waals surface area contributed by atoms with E-state index in [9.17, 15) is 9.90 Å². The first kappa shape index (κ1) is 26.4. The molecule has 0 aromatic rings. The average molecular weight is 475 g/mol. The van der Waals surface area contributed by atoms with E-state index in [1.165, 1.54) is 25.7 Å². The summed E-state index contributed by atoms with van der Waals surface area (Å²) < 4.78 is 0. The molecule has 0 saturated heterocycles. The lowest BCUT2D eigenvalue weighted by Crippen LogP contribution is -2.63. The van der Waals surface area contributed by atoms with E-state index in [4.69, 9.17) is 5.26 Å². The first-order valence-electron chi connectivity index (χ1n) is 13.8. The maximum atomic E-state index is 12.9. The van der Waals surface area contributed by atoms with Gasteiger partial charge in [0.05, 0.1) is 5.60 Å². The highest BCUT2D eigenvalue weighted by atomic mass is 17.1. The van der Waals surface area contributed by atoms with E-state index in [2.05, 4.69) is 39.5 Å². The van der Waals surface area contributed by atoms with Gasteiger partial charge >= 0.3 is 0 Å². The number of Topliss-reactive ketones (excluding diaryl/α,β-unsaturated/α-hetero) is 1. The summed E-state index contributed by atoms with van der Waals surface area (Å²) in [6.07, 6.45) is 13.2. The van der Waals surface area contributed by atoms with E-state index >= 15 is 0 Å². The number of carbonyl (C=O) groups is 1. The van der Waals surface area contributed by atoms with Gasteiger partial charge in [0.15, 0.2) is 0 Å². The first-order valence-corrected chi connectivity index (χ1v) is 13.8. The van der Waals surface area contributed by atoms with Crippen LogP contribution in [-0.4, -0.2) is 27.3 Å². The lowest BCUT2D eigenvalue weighted by Gasteiger charge is -2.69. The quantitative estimate of drug-likeness (QED) is 0.251. The molecule has 0 aromatic carbocycles. The van der Waals surface area contributed by atoms with Crippen molar-refractivity contribution < 1.29 is 20.0 Å². The summed E-state index contributed by atoms with van der Waals surface area (Å²) in [7, 11) is 0.